The summed E-state index contributed by atoms with van der Waals surface area (Å²) in [6.45, 7) is 0.873. The Labute approximate surface area is 103 Å². The van der Waals surface area contributed by atoms with Gasteiger partial charge in [0.25, 0.3) is 0 Å². The van der Waals surface area contributed by atoms with Crippen LogP contribution in [0.2, 0.25) is 0 Å². The normalized spacial score (nSPS) is 26.8. The lowest BCUT2D eigenvalue weighted by Crippen LogP contribution is -2.41. The van der Waals surface area contributed by atoms with Crippen LogP contribution in [0.5, 0.6) is 0 Å². The van der Waals surface area contributed by atoms with Crippen molar-refractivity contribution < 1.29 is 5.11 Å². The second-order valence-electron chi connectivity index (χ2n) is 4.05. The van der Waals surface area contributed by atoms with Crippen molar-refractivity contribution in [2.45, 2.75) is 44.4 Å². The molecule has 2 nitrogen and oxygen atoms in total. The monoisotopic (exact) mass is 289 g/mol. The van der Waals surface area contributed by atoms with Gasteiger partial charge in [0, 0.05) is 17.5 Å². The molecule has 15 heavy (non-hydrogen) atoms. The summed E-state index contributed by atoms with van der Waals surface area (Å²) in [5.74, 6) is 0. The smallest absolute Gasteiger partial charge is 0.0701 e. The lowest BCUT2D eigenvalue weighted by molar-refractivity contribution is 0.0904. The van der Waals surface area contributed by atoms with Gasteiger partial charge >= 0.3 is 0 Å². The van der Waals surface area contributed by atoms with E-state index >= 15 is 0 Å². The average Bonchev–Trinajstić information content (AvgIpc) is 2.63. The zero-order valence-corrected chi connectivity index (χ0v) is 11.0. The van der Waals surface area contributed by atoms with Crippen LogP contribution in [0, 0.1) is 0 Å². The number of rotatable bonds is 3. The first-order valence-corrected chi connectivity index (χ1v) is 7.02. The second-order valence-corrected chi connectivity index (χ2v) is 6.59. The minimum Gasteiger partial charge on any atom is -0.392 e. The van der Waals surface area contributed by atoms with Gasteiger partial charge in [-0.1, -0.05) is 12.8 Å². The molecule has 1 aliphatic rings. The Bertz CT molecular complexity index is 315. The molecule has 0 unspecified atom stereocenters. The van der Waals surface area contributed by atoms with Gasteiger partial charge in [0.1, 0.15) is 0 Å². The van der Waals surface area contributed by atoms with Gasteiger partial charge in [-0.05, 0) is 40.9 Å². The van der Waals surface area contributed by atoms with Crippen LogP contribution in [0.3, 0.4) is 0 Å². The summed E-state index contributed by atoms with van der Waals surface area (Å²) in [6, 6.07) is 4.48. The van der Waals surface area contributed by atoms with Gasteiger partial charge in [0.05, 0.1) is 9.89 Å². The van der Waals surface area contributed by atoms with E-state index in [0.717, 1.165) is 19.4 Å². The van der Waals surface area contributed by atoms with Gasteiger partial charge in [-0.2, -0.15) is 0 Å². The van der Waals surface area contributed by atoms with Crippen molar-refractivity contribution in [2.24, 2.45) is 0 Å². The number of halogens is 1. The zero-order chi connectivity index (χ0) is 10.7. The summed E-state index contributed by atoms with van der Waals surface area (Å²) in [6.07, 6.45) is 4.31. The molecule has 1 aromatic rings. The van der Waals surface area contributed by atoms with E-state index in [1.54, 1.807) is 11.3 Å². The van der Waals surface area contributed by atoms with Crippen molar-refractivity contribution in [2.75, 3.05) is 0 Å². The number of aliphatic hydroxyl groups excluding tert-OH is 1. The van der Waals surface area contributed by atoms with Crippen LogP contribution < -0.4 is 5.32 Å². The molecule has 0 radical (unpaired) electrons. The summed E-state index contributed by atoms with van der Waals surface area (Å²) in [7, 11) is 0. The van der Waals surface area contributed by atoms with E-state index in [2.05, 4.69) is 33.4 Å². The summed E-state index contributed by atoms with van der Waals surface area (Å²) in [5, 5.41) is 13.2. The standard InChI is InChI=1S/C11H16BrNOS/c12-11-6-5-8(15-11)7-13-9-3-1-2-4-10(9)14/h5-6,9-10,13-14H,1-4,7H2/t9-,10+/m1/s1. The maximum absolute atomic E-state index is 9.78. The number of nitrogens with one attached hydrogen (secondary N) is 1. The first kappa shape index (κ1) is 11.6. The number of thiophene rings is 1. The van der Waals surface area contributed by atoms with Crippen molar-refractivity contribution in [3.05, 3.63) is 20.8 Å². The number of hydrogen-bond donors (Lipinski definition) is 2. The molecule has 1 heterocycles. The molecule has 0 spiro atoms. The highest BCUT2D eigenvalue weighted by Gasteiger charge is 2.22. The maximum atomic E-state index is 9.78. The largest absolute Gasteiger partial charge is 0.392 e. The first-order valence-electron chi connectivity index (χ1n) is 5.41. The molecule has 0 amide bonds. The average molecular weight is 290 g/mol. The minimum atomic E-state index is -0.151. The lowest BCUT2D eigenvalue weighted by Gasteiger charge is -2.28. The second kappa shape index (κ2) is 5.43. The van der Waals surface area contributed by atoms with E-state index in [1.165, 1.54) is 21.5 Å². The van der Waals surface area contributed by atoms with Crippen molar-refractivity contribution in [1.82, 2.24) is 5.32 Å². The molecule has 1 aliphatic carbocycles. The molecule has 1 saturated carbocycles. The fraction of sp³-hybridized carbons (Fsp3) is 0.636. The van der Waals surface area contributed by atoms with Crippen LogP contribution in [0.15, 0.2) is 15.9 Å². The van der Waals surface area contributed by atoms with Crippen molar-refractivity contribution in [3.8, 4) is 0 Å². The number of aliphatic hydroxyl groups is 1. The molecule has 2 N–H and O–H groups in total. The van der Waals surface area contributed by atoms with Crippen LogP contribution in [-0.2, 0) is 6.54 Å². The highest BCUT2D eigenvalue weighted by Crippen LogP contribution is 2.23. The Hall–Kier alpha value is 0.1000. The zero-order valence-electron chi connectivity index (χ0n) is 8.58. The predicted molar refractivity (Wildman–Crippen MR) is 67.1 cm³/mol. The van der Waals surface area contributed by atoms with Crippen molar-refractivity contribution >= 4 is 27.3 Å². The molecule has 0 aliphatic heterocycles. The van der Waals surface area contributed by atoms with Crippen molar-refractivity contribution in [1.29, 1.82) is 0 Å². The quantitative estimate of drug-likeness (QED) is 0.897. The fourth-order valence-corrected chi connectivity index (χ4v) is 3.46. The third-order valence-electron chi connectivity index (χ3n) is 2.90. The predicted octanol–water partition coefficient (Wildman–Crippen LogP) is 2.90. The molecule has 1 aromatic heterocycles. The van der Waals surface area contributed by atoms with Crippen LogP contribution >= 0.6 is 27.3 Å². The molecule has 0 aromatic carbocycles. The molecule has 2 atom stereocenters. The summed E-state index contributed by atoms with van der Waals surface area (Å²) < 4.78 is 1.17. The van der Waals surface area contributed by atoms with Crippen LogP contribution in [0.1, 0.15) is 30.6 Å². The summed E-state index contributed by atoms with van der Waals surface area (Å²) in [5.41, 5.74) is 0. The highest BCUT2D eigenvalue weighted by atomic mass is 79.9. The Morgan fingerprint density at radius 3 is 2.87 bits per heavy atom. The summed E-state index contributed by atoms with van der Waals surface area (Å²) in [4.78, 5) is 1.32. The van der Waals surface area contributed by atoms with E-state index in [-0.39, 0.29) is 6.10 Å². The van der Waals surface area contributed by atoms with Gasteiger partial charge in [0.15, 0.2) is 0 Å². The van der Waals surface area contributed by atoms with E-state index in [4.69, 9.17) is 0 Å². The van der Waals surface area contributed by atoms with E-state index in [9.17, 15) is 5.11 Å². The molecule has 4 heteroatoms. The van der Waals surface area contributed by atoms with Gasteiger partial charge < -0.3 is 10.4 Å². The molecular formula is C11H16BrNOS. The molecule has 1 fully saturated rings. The highest BCUT2D eigenvalue weighted by molar-refractivity contribution is 9.11. The van der Waals surface area contributed by atoms with Crippen molar-refractivity contribution in [3.63, 3.8) is 0 Å². The van der Waals surface area contributed by atoms with E-state index in [1.807, 2.05) is 0 Å². The molecule has 84 valence electrons. The Morgan fingerprint density at radius 2 is 2.20 bits per heavy atom. The summed E-state index contributed by atoms with van der Waals surface area (Å²) >= 11 is 5.20. The third-order valence-corrected chi connectivity index (χ3v) is 4.52. The molecule has 2 rings (SSSR count). The van der Waals surface area contributed by atoms with Crippen LogP contribution in [0.25, 0.3) is 0 Å². The van der Waals surface area contributed by atoms with Crippen LogP contribution in [0.4, 0.5) is 0 Å². The number of hydrogen-bond acceptors (Lipinski definition) is 3. The van der Waals surface area contributed by atoms with Crippen LogP contribution in [-0.4, -0.2) is 17.3 Å². The Kier molecular flexibility index (Phi) is 4.20. The first-order chi connectivity index (χ1) is 7.25. The Balaban J connectivity index is 1.81. The lowest BCUT2D eigenvalue weighted by atomic mass is 9.92. The minimum absolute atomic E-state index is 0.151. The van der Waals surface area contributed by atoms with E-state index in [0.29, 0.717) is 6.04 Å². The van der Waals surface area contributed by atoms with Gasteiger partial charge in [-0.25, -0.2) is 0 Å². The SMILES string of the molecule is O[C@H]1CCCC[C@H]1NCc1ccc(Br)s1. The topological polar surface area (TPSA) is 32.3 Å². The third kappa shape index (κ3) is 3.28. The Morgan fingerprint density at radius 1 is 1.40 bits per heavy atom. The van der Waals surface area contributed by atoms with Gasteiger partial charge in [-0.15, -0.1) is 11.3 Å². The molecule has 0 bridgehead atoms. The maximum Gasteiger partial charge on any atom is 0.0701 e. The molecule has 0 saturated heterocycles. The fourth-order valence-electron chi connectivity index (χ4n) is 2.03. The van der Waals surface area contributed by atoms with Gasteiger partial charge in [-0.3, -0.25) is 0 Å². The molecular weight excluding hydrogens is 274 g/mol. The van der Waals surface area contributed by atoms with Gasteiger partial charge in [0.2, 0.25) is 0 Å². The van der Waals surface area contributed by atoms with E-state index < -0.39 is 0 Å².